The van der Waals surface area contributed by atoms with Crippen molar-refractivity contribution >= 4 is 22.5 Å². The van der Waals surface area contributed by atoms with Crippen LogP contribution in [0.5, 0.6) is 0 Å². The van der Waals surface area contributed by atoms with E-state index in [1.54, 1.807) is 0 Å². The minimum absolute atomic E-state index is 0.566. The van der Waals surface area contributed by atoms with Crippen LogP contribution in [0.25, 0.3) is 10.9 Å². The van der Waals surface area contributed by atoms with Gasteiger partial charge in [-0.2, -0.15) is 0 Å². The molecule has 1 aromatic carbocycles. The fourth-order valence-corrected chi connectivity index (χ4v) is 2.48. The zero-order chi connectivity index (χ0) is 13.1. The Hall–Kier alpha value is -0.990. The van der Waals surface area contributed by atoms with Crippen LogP contribution in [0.1, 0.15) is 25.8 Å². The van der Waals surface area contributed by atoms with Crippen LogP contribution in [-0.2, 0) is 13.5 Å². The third-order valence-corrected chi connectivity index (χ3v) is 3.45. The Bertz CT molecular complexity index is 529. The Morgan fingerprint density at radius 2 is 2.11 bits per heavy atom. The fraction of sp³-hybridized carbons (Fsp3) is 0.467. The second-order valence-electron chi connectivity index (χ2n) is 5.14. The lowest BCUT2D eigenvalue weighted by atomic mass is 10.1. The average molecular weight is 265 g/mol. The van der Waals surface area contributed by atoms with Crippen molar-refractivity contribution in [3.05, 3.63) is 35.0 Å². The molecular formula is C15H21ClN2. The number of aryl methyl sites for hydroxylation is 2. The van der Waals surface area contributed by atoms with Crippen LogP contribution >= 0.6 is 11.6 Å². The molecule has 0 fully saturated rings. The molecule has 0 bridgehead atoms. The van der Waals surface area contributed by atoms with Gasteiger partial charge in [0.15, 0.2) is 0 Å². The Balaban J connectivity index is 2.09. The molecule has 0 saturated carbocycles. The number of nitrogens with one attached hydrogen (secondary N) is 1. The van der Waals surface area contributed by atoms with Crippen molar-refractivity contribution in [3.63, 3.8) is 0 Å². The number of hydrogen-bond donors (Lipinski definition) is 1. The van der Waals surface area contributed by atoms with E-state index in [0.717, 1.165) is 18.0 Å². The quantitative estimate of drug-likeness (QED) is 0.814. The highest BCUT2D eigenvalue weighted by atomic mass is 35.5. The molecule has 3 heteroatoms. The summed E-state index contributed by atoms with van der Waals surface area (Å²) in [5.74, 6) is 0. The summed E-state index contributed by atoms with van der Waals surface area (Å²) in [6.45, 7) is 5.43. The summed E-state index contributed by atoms with van der Waals surface area (Å²) in [6.07, 6.45) is 4.50. The molecule has 0 aliphatic carbocycles. The predicted molar refractivity (Wildman–Crippen MR) is 79.4 cm³/mol. The SMILES string of the molecule is CC(C)NCCCc1cn(C)c2cc(Cl)ccc12. The van der Waals surface area contributed by atoms with Crippen LogP contribution < -0.4 is 5.32 Å². The van der Waals surface area contributed by atoms with E-state index < -0.39 is 0 Å². The molecule has 0 atom stereocenters. The molecule has 2 nitrogen and oxygen atoms in total. The highest BCUT2D eigenvalue weighted by Crippen LogP contribution is 2.24. The zero-order valence-corrected chi connectivity index (χ0v) is 12.1. The Labute approximate surface area is 114 Å². The standard InChI is InChI=1S/C15H21ClN2/c1-11(2)17-8-4-5-12-10-18(3)15-9-13(16)6-7-14(12)15/h6-7,9-11,17H,4-5,8H2,1-3H3. The molecule has 0 aliphatic heterocycles. The van der Waals surface area contributed by atoms with Gasteiger partial charge in [0.1, 0.15) is 0 Å². The van der Waals surface area contributed by atoms with Crippen molar-refractivity contribution in [1.29, 1.82) is 0 Å². The molecule has 1 heterocycles. The number of fused-ring (bicyclic) bond motifs is 1. The summed E-state index contributed by atoms with van der Waals surface area (Å²) < 4.78 is 2.16. The number of halogens is 1. The molecule has 2 aromatic rings. The first-order valence-corrected chi connectivity index (χ1v) is 6.92. The maximum atomic E-state index is 6.04. The molecule has 18 heavy (non-hydrogen) atoms. The Morgan fingerprint density at radius 1 is 1.33 bits per heavy atom. The second kappa shape index (κ2) is 5.77. The molecule has 0 radical (unpaired) electrons. The molecule has 0 saturated heterocycles. The van der Waals surface area contributed by atoms with Crippen LogP contribution in [0.15, 0.2) is 24.4 Å². The van der Waals surface area contributed by atoms with Gasteiger partial charge in [0.25, 0.3) is 0 Å². The Morgan fingerprint density at radius 3 is 2.83 bits per heavy atom. The number of benzene rings is 1. The third kappa shape index (κ3) is 3.06. The lowest BCUT2D eigenvalue weighted by molar-refractivity contribution is 0.571. The molecule has 0 spiro atoms. The first kappa shape index (κ1) is 13.4. The maximum absolute atomic E-state index is 6.04. The van der Waals surface area contributed by atoms with Crippen LogP contribution in [0.3, 0.4) is 0 Å². The first-order valence-electron chi connectivity index (χ1n) is 6.55. The normalized spacial score (nSPS) is 11.6. The number of hydrogen-bond acceptors (Lipinski definition) is 1. The summed E-state index contributed by atoms with van der Waals surface area (Å²) in [6, 6.07) is 6.70. The number of rotatable bonds is 5. The lowest BCUT2D eigenvalue weighted by Crippen LogP contribution is -2.23. The Kier molecular flexibility index (Phi) is 4.31. The molecule has 0 aliphatic rings. The van der Waals surface area contributed by atoms with E-state index in [0.29, 0.717) is 6.04 Å². The lowest BCUT2D eigenvalue weighted by Gasteiger charge is -2.07. The van der Waals surface area contributed by atoms with Gasteiger partial charge in [-0.1, -0.05) is 31.5 Å². The van der Waals surface area contributed by atoms with E-state index in [-0.39, 0.29) is 0 Å². The van der Waals surface area contributed by atoms with Crippen molar-refractivity contribution in [2.75, 3.05) is 6.54 Å². The molecule has 2 rings (SSSR count). The van der Waals surface area contributed by atoms with Gasteiger partial charge in [0.2, 0.25) is 0 Å². The van der Waals surface area contributed by atoms with E-state index >= 15 is 0 Å². The highest BCUT2D eigenvalue weighted by Gasteiger charge is 2.06. The first-order chi connectivity index (χ1) is 8.58. The van der Waals surface area contributed by atoms with Gasteiger partial charge < -0.3 is 9.88 Å². The fourth-order valence-electron chi connectivity index (χ4n) is 2.31. The predicted octanol–water partition coefficient (Wildman–Crippen LogP) is 3.76. The topological polar surface area (TPSA) is 17.0 Å². The molecule has 0 unspecified atom stereocenters. The molecule has 0 amide bonds. The number of aromatic nitrogens is 1. The van der Waals surface area contributed by atoms with Crippen LogP contribution in [0.2, 0.25) is 5.02 Å². The van der Waals surface area contributed by atoms with Crippen LogP contribution in [-0.4, -0.2) is 17.2 Å². The van der Waals surface area contributed by atoms with Gasteiger partial charge >= 0.3 is 0 Å². The van der Waals surface area contributed by atoms with Crippen LogP contribution in [0.4, 0.5) is 0 Å². The van der Waals surface area contributed by atoms with Gasteiger partial charge in [0, 0.05) is 35.2 Å². The van der Waals surface area contributed by atoms with Crippen LogP contribution in [0, 0.1) is 0 Å². The summed E-state index contributed by atoms with van der Waals surface area (Å²) in [4.78, 5) is 0. The third-order valence-electron chi connectivity index (χ3n) is 3.21. The number of nitrogens with zero attached hydrogens (tertiary/aromatic N) is 1. The van der Waals surface area contributed by atoms with E-state index in [1.807, 2.05) is 12.1 Å². The maximum Gasteiger partial charge on any atom is 0.0495 e. The molecule has 1 aromatic heterocycles. The van der Waals surface area contributed by atoms with Crippen molar-refractivity contribution in [1.82, 2.24) is 9.88 Å². The largest absolute Gasteiger partial charge is 0.350 e. The zero-order valence-electron chi connectivity index (χ0n) is 11.3. The van der Waals surface area contributed by atoms with Gasteiger partial charge in [0.05, 0.1) is 0 Å². The highest BCUT2D eigenvalue weighted by molar-refractivity contribution is 6.31. The summed E-state index contributed by atoms with van der Waals surface area (Å²) in [7, 11) is 2.08. The monoisotopic (exact) mass is 264 g/mol. The van der Waals surface area contributed by atoms with Gasteiger partial charge in [-0.05, 0) is 37.1 Å². The van der Waals surface area contributed by atoms with Crippen molar-refractivity contribution in [2.45, 2.75) is 32.7 Å². The molecule has 98 valence electrons. The van der Waals surface area contributed by atoms with E-state index in [9.17, 15) is 0 Å². The van der Waals surface area contributed by atoms with E-state index in [2.05, 4.69) is 43.0 Å². The van der Waals surface area contributed by atoms with Crippen molar-refractivity contribution < 1.29 is 0 Å². The second-order valence-corrected chi connectivity index (χ2v) is 5.58. The van der Waals surface area contributed by atoms with Gasteiger partial charge in [-0.25, -0.2) is 0 Å². The minimum Gasteiger partial charge on any atom is -0.350 e. The van der Waals surface area contributed by atoms with Gasteiger partial charge in [-0.3, -0.25) is 0 Å². The smallest absolute Gasteiger partial charge is 0.0495 e. The van der Waals surface area contributed by atoms with Crippen molar-refractivity contribution in [2.24, 2.45) is 7.05 Å². The van der Waals surface area contributed by atoms with Gasteiger partial charge in [-0.15, -0.1) is 0 Å². The van der Waals surface area contributed by atoms with Crippen molar-refractivity contribution in [3.8, 4) is 0 Å². The molecular weight excluding hydrogens is 244 g/mol. The van der Waals surface area contributed by atoms with E-state index in [4.69, 9.17) is 11.6 Å². The van der Waals surface area contributed by atoms with E-state index in [1.165, 1.54) is 22.9 Å². The summed E-state index contributed by atoms with van der Waals surface area (Å²) >= 11 is 6.04. The average Bonchev–Trinajstić information content (AvgIpc) is 2.61. The summed E-state index contributed by atoms with van der Waals surface area (Å²) in [5, 5.41) is 5.58. The molecule has 1 N–H and O–H groups in total. The minimum atomic E-state index is 0.566. The summed E-state index contributed by atoms with van der Waals surface area (Å²) in [5.41, 5.74) is 2.63.